The van der Waals surface area contributed by atoms with Gasteiger partial charge >= 0.3 is 0 Å². The Balaban J connectivity index is 2.00. The molecule has 0 saturated carbocycles. The van der Waals surface area contributed by atoms with Crippen LogP contribution in [0.1, 0.15) is 12.5 Å². The van der Waals surface area contributed by atoms with E-state index < -0.39 is 28.5 Å². The van der Waals surface area contributed by atoms with Crippen LogP contribution in [-0.4, -0.2) is 58.1 Å². The summed E-state index contributed by atoms with van der Waals surface area (Å²) in [5.41, 5.74) is 1.15. The Bertz CT molecular complexity index is 1290. The highest BCUT2D eigenvalue weighted by Gasteiger charge is 2.30. The van der Waals surface area contributed by atoms with Gasteiger partial charge < -0.3 is 15.0 Å². The second-order valence-electron chi connectivity index (χ2n) is 7.93. The number of methoxy groups -OCH3 is 1. The highest BCUT2D eigenvalue weighted by atomic mass is 32.2. The number of nitrogens with zero attached hydrogens (tertiary/aromatic N) is 2. The van der Waals surface area contributed by atoms with E-state index in [1.165, 1.54) is 11.9 Å². The van der Waals surface area contributed by atoms with Gasteiger partial charge in [0.25, 0.3) is 0 Å². The Hall–Kier alpha value is -3.59. The number of benzene rings is 3. The zero-order chi connectivity index (χ0) is 24.9. The summed E-state index contributed by atoms with van der Waals surface area (Å²) in [6.45, 7) is 1.27. The standard InChI is InChI=1S/C25H29N3O5S/c1-18(25(30)26-2)27(16-19-9-7-12-21(15-19)33-3)24(29)17-28(34(4,31)32)23-14-8-11-20-10-5-6-13-22(20)23/h5-15,18H,16-17H2,1-4H3,(H,26,30)/t18-/m1/s1. The highest BCUT2D eigenvalue weighted by Crippen LogP contribution is 2.28. The van der Waals surface area contributed by atoms with Crippen LogP contribution in [0.3, 0.4) is 0 Å². The van der Waals surface area contributed by atoms with Gasteiger partial charge in [0.1, 0.15) is 18.3 Å². The first-order chi connectivity index (χ1) is 16.2. The number of carbonyl (C=O) groups is 2. The summed E-state index contributed by atoms with van der Waals surface area (Å²) in [6.07, 6.45) is 1.07. The number of amides is 2. The number of hydrogen-bond acceptors (Lipinski definition) is 5. The average Bonchev–Trinajstić information content (AvgIpc) is 2.84. The molecule has 9 heteroatoms. The van der Waals surface area contributed by atoms with Crippen molar-refractivity contribution in [2.45, 2.75) is 19.5 Å². The monoisotopic (exact) mass is 483 g/mol. The predicted molar refractivity (Wildman–Crippen MR) is 133 cm³/mol. The Morgan fingerprint density at radius 3 is 2.38 bits per heavy atom. The van der Waals surface area contributed by atoms with Gasteiger partial charge in [0.15, 0.2) is 0 Å². The molecule has 0 unspecified atom stereocenters. The molecule has 0 saturated heterocycles. The van der Waals surface area contributed by atoms with Crippen molar-refractivity contribution in [2.24, 2.45) is 0 Å². The van der Waals surface area contributed by atoms with E-state index in [0.717, 1.165) is 21.5 Å². The lowest BCUT2D eigenvalue weighted by Gasteiger charge is -2.31. The fourth-order valence-corrected chi connectivity index (χ4v) is 4.64. The maximum atomic E-state index is 13.5. The second-order valence-corrected chi connectivity index (χ2v) is 9.84. The van der Waals surface area contributed by atoms with Gasteiger partial charge in [0, 0.05) is 19.0 Å². The summed E-state index contributed by atoms with van der Waals surface area (Å²) < 4.78 is 31.9. The van der Waals surface area contributed by atoms with E-state index >= 15 is 0 Å². The van der Waals surface area contributed by atoms with Gasteiger partial charge in [-0.15, -0.1) is 0 Å². The van der Waals surface area contributed by atoms with Gasteiger partial charge in [0.05, 0.1) is 19.1 Å². The number of carbonyl (C=O) groups excluding carboxylic acids is 2. The normalized spacial score (nSPS) is 12.1. The molecule has 0 aliphatic carbocycles. The molecule has 0 fully saturated rings. The lowest BCUT2D eigenvalue weighted by atomic mass is 10.1. The van der Waals surface area contributed by atoms with Gasteiger partial charge in [-0.25, -0.2) is 8.42 Å². The van der Waals surface area contributed by atoms with Crippen molar-refractivity contribution in [3.05, 3.63) is 72.3 Å². The molecular weight excluding hydrogens is 454 g/mol. The van der Waals surface area contributed by atoms with Crippen LogP contribution in [0, 0.1) is 0 Å². The first-order valence-electron chi connectivity index (χ1n) is 10.7. The maximum Gasteiger partial charge on any atom is 0.244 e. The summed E-state index contributed by atoms with van der Waals surface area (Å²) in [4.78, 5) is 27.3. The highest BCUT2D eigenvalue weighted by molar-refractivity contribution is 7.92. The van der Waals surface area contributed by atoms with Crippen LogP contribution in [0.25, 0.3) is 10.8 Å². The lowest BCUT2D eigenvalue weighted by molar-refractivity contribution is -0.139. The Kier molecular flexibility index (Phi) is 7.78. The third kappa shape index (κ3) is 5.66. The van der Waals surface area contributed by atoms with Crippen LogP contribution in [0.5, 0.6) is 5.75 Å². The largest absolute Gasteiger partial charge is 0.497 e. The molecular formula is C25H29N3O5S. The Morgan fingerprint density at radius 2 is 1.71 bits per heavy atom. The van der Waals surface area contributed by atoms with Gasteiger partial charge in [-0.3, -0.25) is 13.9 Å². The SMILES string of the molecule is CNC(=O)[C@@H](C)N(Cc1cccc(OC)c1)C(=O)CN(c1cccc2ccccc12)S(C)(=O)=O. The fraction of sp³-hybridized carbons (Fsp3) is 0.280. The van der Waals surface area contributed by atoms with E-state index in [4.69, 9.17) is 4.74 Å². The van der Waals surface area contributed by atoms with Crippen LogP contribution in [0.4, 0.5) is 5.69 Å². The van der Waals surface area contributed by atoms with E-state index in [-0.39, 0.29) is 12.5 Å². The summed E-state index contributed by atoms with van der Waals surface area (Å²) >= 11 is 0. The summed E-state index contributed by atoms with van der Waals surface area (Å²) in [5, 5.41) is 4.12. The molecule has 2 amide bonds. The number of ether oxygens (including phenoxy) is 1. The second kappa shape index (κ2) is 10.6. The fourth-order valence-electron chi connectivity index (χ4n) is 3.78. The molecule has 0 heterocycles. The number of likely N-dealkylation sites (N-methyl/N-ethyl adjacent to an activating group) is 1. The van der Waals surface area contributed by atoms with E-state index in [1.54, 1.807) is 44.4 Å². The van der Waals surface area contributed by atoms with E-state index in [2.05, 4.69) is 5.32 Å². The molecule has 0 spiro atoms. The number of anilines is 1. The molecule has 0 bridgehead atoms. The molecule has 1 N–H and O–H groups in total. The Labute approximate surface area is 200 Å². The number of fused-ring (bicyclic) bond motifs is 1. The van der Waals surface area contributed by atoms with Gasteiger partial charge in [-0.2, -0.15) is 0 Å². The maximum absolute atomic E-state index is 13.5. The molecule has 3 rings (SSSR count). The molecule has 8 nitrogen and oxygen atoms in total. The number of hydrogen-bond donors (Lipinski definition) is 1. The molecule has 3 aromatic rings. The van der Waals surface area contributed by atoms with Gasteiger partial charge in [0.2, 0.25) is 21.8 Å². The van der Waals surface area contributed by atoms with Gasteiger partial charge in [-0.1, -0.05) is 48.5 Å². The molecule has 0 aromatic heterocycles. The first kappa shape index (κ1) is 25.0. The topological polar surface area (TPSA) is 96.0 Å². The van der Waals surface area contributed by atoms with Crippen LogP contribution in [0.2, 0.25) is 0 Å². The smallest absolute Gasteiger partial charge is 0.244 e. The molecule has 0 aliphatic heterocycles. The minimum atomic E-state index is -3.81. The van der Waals surface area contributed by atoms with Crippen molar-refractivity contribution < 1.29 is 22.7 Å². The molecule has 3 aromatic carbocycles. The molecule has 0 aliphatic rings. The van der Waals surface area contributed by atoms with Crippen molar-refractivity contribution in [2.75, 3.05) is 31.3 Å². The van der Waals surface area contributed by atoms with E-state index in [0.29, 0.717) is 16.8 Å². The van der Waals surface area contributed by atoms with Crippen molar-refractivity contribution in [3.63, 3.8) is 0 Å². The van der Waals surface area contributed by atoms with Crippen molar-refractivity contribution in [1.29, 1.82) is 0 Å². The van der Waals surface area contributed by atoms with Crippen molar-refractivity contribution >= 4 is 38.3 Å². The molecule has 1 atom stereocenters. The van der Waals surface area contributed by atoms with Crippen molar-refractivity contribution in [3.8, 4) is 5.75 Å². The van der Waals surface area contributed by atoms with E-state index in [1.807, 2.05) is 36.4 Å². The van der Waals surface area contributed by atoms with Crippen LogP contribution >= 0.6 is 0 Å². The van der Waals surface area contributed by atoms with Crippen molar-refractivity contribution in [1.82, 2.24) is 10.2 Å². The number of sulfonamides is 1. The summed E-state index contributed by atoms with van der Waals surface area (Å²) in [7, 11) is -0.771. The zero-order valence-corrected chi connectivity index (χ0v) is 20.5. The molecule has 0 radical (unpaired) electrons. The minimum Gasteiger partial charge on any atom is -0.497 e. The van der Waals surface area contributed by atoms with E-state index in [9.17, 15) is 18.0 Å². The zero-order valence-electron chi connectivity index (χ0n) is 19.7. The van der Waals surface area contributed by atoms with Crippen LogP contribution in [-0.2, 0) is 26.2 Å². The quantitative estimate of drug-likeness (QED) is 0.505. The molecule has 34 heavy (non-hydrogen) atoms. The Morgan fingerprint density at radius 1 is 1.03 bits per heavy atom. The third-order valence-corrected chi connectivity index (χ3v) is 6.74. The molecule has 180 valence electrons. The lowest BCUT2D eigenvalue weighted by Crippen LogP contribution is -2.50. The first-order valence-corrected chi connectivity index (χ1v) is 12.6. The predicted octanol–water partition coefficient (Wildman–Crippen LogP) is 2.78. The van der Waals surface area contributed by atoms with Gasteiger partial charge in [-0.05, 0) is 36.1 Å². The number of rotatable bonds is 9. The third-order valence-electron chi connectivity index (χ3n) is 5.62. The minimum absolute atomic E-state index is 0.109. The number of nitrogens with one attached hydrogen (secondary N) is 1. The summed E-state index contributed by atoms with van der Waals surface area (Å²) in [6, 6.07) is 19.0. The van der Waals surface area contributed by atoms with Crippen LogP contribution in [0.15, 0.2) is 66.7 Å². The summed E-state index contributed by atoms with van der Waals surface area (Å²) in [5.74, 6) is -0.240. The average molecular weight is 484 g/mol. The van der Waals surface area contributed by atoms with Crippen LogP contribution < -0.4 is 14.4 Å².